The van der Waals surface area contributed by atoms with E-state index in [1.165, 1.54) is 25.7 Å². The number of aliphatic carboxylic acids is 1. The molecule has 0 bridgehead atoms. The van der Waals surface area contributed by atoms with E-state index >= 15 is 0 Å². The van der Waals surface area contributed by atoms with Crippen molar-refractivity contribution in [3.63, 3.8) is 0 Å². The van der Waals surface area contributed by atoms with Crippen LogP contribution in [-0.4, -0.2) is 23.5 Å². The number of hydrogen-bond acceptors (Lipinski definition) is 2. The van der Waals surface area contributed by atoms with Crippen LogP contribution >= 0.6 is 0 Å². The smallest absolute Gasteiger partial charge is 0.303 e. The van der Waals surface area contributed by atoms with Crippen molar-refractivity contribution in [3.8, 4) is 0 Å². The van der Waals surface area contributed by atoms with Crippen LogP contribution < -0.4 is 5.32 Å². The second-order valence-corrected chi connectivity index (χ2v) is 6.05. The second-order valence-electron chi connectivity index (χ2n) is 6.05. The van der Waals surface area contributed by atoms with E-state index in [0.29, 0.717) is 12.3 Å². The quantitative estimate of drug-likeness (QED) is 0.695. The molecular weight excluding hydrogens is 230 g/mol. The van der Waals surface area contributed by atoms with Gasteiger partial charge in [0.05, 0.1) is 0 Å². The number of carbonyl (C=O) groups excluding carboxylic acids is 1. The van der Waals surface area contributed by atoms with E-state index in [1.54, 1.807) is 0 Å². The molecule has 1 atom stereocenters. The fraction of sp³-hybridized carbons (Fsp3) is 0.857. The van der Waals surface area contributed by atoms with Gasteiger partial charge in [-0.15, -0.1) is 0 Å². The maximum atomic E-state index is 11.7. The van der Waals surface area contributed by atoms with Crippen molar-refractivity contribution in [2.75, 3.05) is 6.54 Å². The van der Waals surface area contributed by atoms with Gasteiger partial charge in [0.2, 0.25) is 5.91 Å². The predicted octanol–water partition coefficient (Wildman–Crippen LogP) is 2.04. The van der Waals surface area contributed by atoms with Gasteiger partial charge in [-0.2, -0.15) is 0 Å². The largest absolute Gasteiger partial charge is 0.481 e. The molecule has 0 aromatic carbocycles. The summed E-state index contributed by atoms with van der Waals surface area (Å²) in [4.78, 5) is 22.2. The lowest BCUT2D eigenvalue weighted by Crippen LogP contribution is -2.32. The summed E-state index contributed by atoms with van der Waals surface area (Å²) in [6.45, 7) is 2.61. The number of carbonyl (C=O) groups is 2. The van der Waals surface area contributed by atoms with Crippen LogP contribution in [0.15, 0.2) is 0 Å². The highest BCUT2D eigenvalue weighted by Gasteiger charge is 2.41. The van der Waals surface area contributed by atoms with Gasteiger partial charge < -0.3 is 10.4 Å². The van der Waals surface area contributed by atoms with Gasteiger partial charge in [-0.1, -0.05) is 6.92 Å². The molecule has 2 rings (SSSR count). The highest BCUT2D eigenvalue weighted by Crippen LogP contribution is 2.48. The van der Waals surface area contributed by atoms with Crippen molar-refractivity contribution in [2.45, 2.75) is 45.4 Å². The summed E-state index contributed by atoms with van der Waals surface area (Å²) in [7, 11) is 0. The maximum absolute atomic E-state index is 11.7. The summed E-state index contributed by atoms with van der Waals surface area (Å²) in [5.41, 5.74) is 0. The minimum absolute atomic E-state index is 0.00931. The van der Waals surface area contributed by atoms with Crippen LogP contribution in [0.2, 0.25) is 0 Å². The van der Waals surface area contributed by atoms with Crippen molar-refractivity contribution < 1.29 is 14.7 Å². The summed E-state index contributed by atoms with van der Waals surface area (Å²) >= 11 is 0. The average Bonchev–Trinajstić information content (AvgIpc) is 3.12. The molecule has 102 valence electrons. The molecule has 2 aliphatic rings. The summed E-state index contributed by atoms with van der Waals surface area (Å²) in [5, 5.41) is 11.6. The van der Waals surface area contributed by atoms with E-state index in [4.69, 9.17) is 5.11 Å². The Balaban J connectivity index is 1.65. The van der Waals surface area contributed by atoms with Gasteiger partial charge in [-0.25, -0.2) is 0 Å². The standard InChI is InChI=1S/C14H23NO3/c1-9(7-14(17)18)6-13(16)15-8-12(10-2-3-10)11-4-5-11/h9-12H,2-8H2,1H3,(H,15,16)(H,17,18). The van der Waals surface area contributed by atoms with Crippen molar-refractivity contribution in [1.29, 1.82) is 0 Å². The van der Waals surface area contributed by atoms with Gasteiger partial charge in [0, 0.05) is 19.4 Å². The van der Waals surface area contributed by atoms with E-state index in [-0.39, 0.29) is 18.2 Å². The highest BCUT2D eigenvalue weighted by atomic mass is 16.4. The molecule has 0 aromatic heterocycles. The van der Waals surface area contributed by atoms with E-state index in [2.05, 4.69) is 5.32 Å². The summed E-state index contributed by atoms with van der Waals surface area (Å²) in [6, 6.07) is 0. The minimum atomic E-state index is -0.830. The number of nitrogens with one attached hydrogen (secondary N) is 1. The number of amides is 1. The van der Waals surface area contributed by atoms with Crippen LogP contribution in [0.4, 0.5) is 0 Å². The lowest BCUT2D eigenvalue weighted by molar-refractivity contribution is -0.138. The second kappa shape index (κ2) is 5.72. The third-order valence-electron chi connectivity index (χ3n) is 4.05. The first-order valence-corrected chi connectivity index (χ1v) is 7.04. The molecule has 2 aliphatic carbocycles. The first-order valence-electron chi connectivity index (χ1n) is 7.04. The maximum Gasteiger partial charge on any atom is 0.303 e. The Hall–Kier alpha value is -1.06. The Morgan fingerprint density at radius 3 is 2.17 bits per heavy atom. The zero-order chi connectivity index (χ0) is 13.1. The molecule has 0 aromatic rings. The molecule has 1 unspecified atom stereocenters. The van der Waals surface area contributed by atoms with Crippen LogP contribution in [0.1, 0.15) is 45.4 Å². The van der Waals surface area contributed by atoms with Gasteiger partial charge in [0.25, 0.3) is 0 Å². The zero-order valence-electron chi connectivity index (χ0n) is 11.0. The third kappa shape index (κ3) is 4.31. The molecule has 0 aliphatic heterocycles. The molecule has 0 heterocycles. The van der Waals surface area contributed by atoms with Crippen LogP contribution in [0, 0.1) is 23.7 Å². The van der Waals surface area contributed by atoms with E-state index in [9.17, 15) is 9.59 Å². The van der Waals surface area contributed by atoms with Gasteiger partial charge in [-0.05, 0) is 49.4 Å². The molecule has 2 saturated carbocycles. The molecule has 1 amide bonds. The summed E-state index contributed by atoms with van der Waals surface area (Å²) < 4.78 is 0. The number of carboxylic acids is 1. The molecule has 4 heteroatoms. The Morgan fingerprint density at radius 1 is 1.17 bits per heavy atom. The molecule has 2 fully saturated rings. The Bertz CT molecular complexity index is 309. The molecule has 4 nitrogen and oxygen atoms in total. The number of rotatable bonds is 8. The Labute approximate surface area is 108 Å². The summed E-state index contributed by atoms with van der Waals surface area (Å²) in [5.74, 6) is 1.47. The lowest BCUT2D eigenvalue weighted by Gasteiger charge is -2.17. The van der Waals surface area contributed by atoms with Gasteiger partial charge in [0.15, 0.2) is 0 Å². The van der Waals surface area contributed by atoms with Crippen LogP contribution in [-0.2, 0) is 9.59 Å². The Morgan fingerprint density at radius 2 is 1.72 bits per heavy atom. The topological polar surface area (TPSA) is 66.4 Å². The van der Waals surface area contributed by atoms with Crippen LogP contribution in [0.5, 0.6) is 0 Å². The predicted molar refractivity (Wildman–Crippen MR) is 68.0 cm³/mol. The SMILES string of the molecule is CC(CC(=O)O)CC(=O)NCC(C1CC1)C1CC1. The van der Waals surface area contributed by atoms with Crippen LogP contribution in [0.3, 0.4) is 0 Å². The minimum Gasteiger partial charge on any atom is -0.481 e. The normalized spacial score (nSPS) is 20.8. The molecular formula is C14H23NO3. The van der Waals surface area contributed by atoms with Crippen molar-refractivity contribution in [3.05, 3.63) is 0 Å². The van der Waals surface area contributed by atoms with Crippen LogP contribution in [0.25, 0.3) is 0 Å². The fourth-order valence-electron chi connectivity index (χ4n) is 2.76. The zero-order valence-corrected chi connectivity index (χ0v) is 11.0. The Kier molecular flexibility index (Phi) is 4.25. The van der Waals surface area contributed by atoms with E-state index in [0.717, 1.165) is 18.4 Å². The first kappa shape index (κ1) is 13.4. The monoisotopic (exact) mass is 253 g/mol. The molecule has 0 radical (unpaired) electrons. The van der Waals surface area contributed by atoms with Gasteiger partial charge >= 0.3 is 5.97 Å². The molecule has 0 spiro atoms. The fourth-order valence-corrected chi connectivity index (χ4v) is 2.76. The highest BCUT2D eigenvalue weighted by molar-refractivity contribution is 5.77. The van der Waals surface area contributed by atoms with Gasteiger partial charge in [-0.3, -0.25) is 9.59 Å². The van der Waals surface area contributed by atoms with Crippen molar-refractivity contribution in [2.24, 2.45) is 23.7 Å². The third-order valence-corrected chi connectivity index (χ3v) is 4.05. The van der Waals surface area contributed by atoms with Crippen molar-refractivity contribution in [1.82, 2.24) is 5.32 Å². The molecule has 18 heavy (non-hydrogen) atoms. The van der Waals surface area contributed by atoms with Crippen molar-refractivity contribution >= 4 is 11.9 Å². The lowest BCUT2D eigenvalue weighted by atomic mass is 9.97. The number of carboxylic acid groups (broad SMARTS) is 1. The summed E-state index contributed by atoms with van der Waals surface area (Å²) in [6.07, 6.45) is 5.70. The molecule has 2 N–H and O–H groups in total. The average molecular weight is 253 g/mol. The molecule has 0 saturated heterocycles. The first-order chi connectivity index (χ1) is 8.56. The number of hydrogen-bond donors (Lipinski definition) is 2. The van der Waals surface area contributed by atoms with E-state index < -0.39 is 5.97 Å². The van der Waals surface area contributed by atoms with E-state index in [1.807, 2.05) is 6.92 Å². The van der Waals surface area contributed by atoms with Gasteiger partial charge in [0.1, 0.15) is 0 Å².